The molecule has 19 heavy (non-hydrogen) atoms. The van der Waals surface area contributed by atoms with Crippen molar-refractivity contribution in [3.8, 4) is 0 Å². The minimum atomic E-state index is -0.159. The molecule has 1 aromatic heterocycles. The second-order valence-corrected chi connectivity index (χ2v) is 5.42. The number of carbonyl (C=O) groups excluding carboxylic acids is 1. The molecule has 1 rings (SSSR count). The van der Waals surface area contributed by atoms with Crippen LogP contribution in [0.3, 0.4) is 0 Å². The van der Waals surface area contributed by atoms with Crippen LogP contribution in [-0.4, -0.2) is 44.9 Å². The molecule has 6 nitrogen and oxygen atoms in total. The Balaban J connectivity index is 2.93. The third kappa shape index (κ3) is 3.81. The third-order valence-electron chi connectivity index (χ3n) is 2.62. The maximum atomic E-state index is 12.0. The quantitative estimate of drug-likeness (QED) is 0.594. The molecule has 0 aliphatic rings. The zero-order valence-corrected chi connectivity index (χ0v) is 12.5. The van der Waals surface area contributed by atoms with E-state index in [-0.39, 0.29) is 11.2 Å². The van der Waals surface area contributed by atoms with Crippen molar-refractivity contribution in [1.82, 2.24) is 19.7 Å². The van der Waals surface area contributed by atoms with Gasteiger partial charge < -0.3 is 15.2 Å². The number of nitrogens with zero attached hydrogens (tertiary/aromatic N) is 4. The van der Waals surface area contributed by atoms with Crippen molar-refractivity contribution < 1.29 is 4.79 Å². The van der Waals surface area contributed by atoms with E-state index in [0.717, 1.165) is 6.42 Å². The van der Waals surface area contributed by atoms with E-state index < -0.39 is 0 Å². The van der Waals surface area contributed by atoms with E-state index in [9.17, 15) is 4.79 Å². The summed E-state index contributed by atoms with van der Waals surface area (Å²) in [5.74, 6) is 0.782. The average molecular weight is 283 g/mol. The van der Waals surface area contributed by atoms with Crippen LogP contribution in [-0.2, 0) is 17.9 Å². The fourth-order valence-electron chi connectivity index (χ4n) is 1.59. The molecule has 0 saturated heterocycles. The van der Waals surface area contributed by atoms with Crippen LogP contribution in [0.25, 0.3) is 0 Å². The number of hydrogen-bond donors (Lipinski definition) is 1. The van der Waals surface area contributed by atoms with Crippen molar-refractivity contribution in [3.05, 3.63) is 18.5 Å². The summed E-state index contributed by atoms with van der Waals surface area (Å²) in [7, 11) is 3.51. The van der Waals surface area contributed by atoms with Gasteiger partial charge in [-0.05, 0) is 6.42 Å². The van der Waals surface area contributed by atoms with E-state index in [0.29, 0.717) is 24.1 Å². The Bertz CT molecular complexity index is 443. The summed E-state index contributed by atoms with van der Waals surface area (Å²) < 4.78 is 1.89. The average Bonchev–Trinajstić information content (AvgIpc) is 2.77. The molecule has 1 heterocycles. The maximum Gasteiger partial charge on any atom is 0.235 e. The van der Waals surface area contributed by atoms with Crippen molar-refractivity contribution in [3.63, 3.8) is 0 Å². The van der Waals surface area contributed by atoms with Crippen LogP contribution in [0.15, 0.2) is 17.8 Å². The lowest BCUT2D eigenvalue weighted by atomic mass is 10.3. The largest absolute Gasteiger partial charge is 0.348 e. The van der Waals surface area contributed by atoms with Gasteiger partial charge in [0.1, 0.15) is 5.82 Å². The molecule has 0 aromatic carbocycles. The van der Waals surface area contributed by atoms with Gasteiger partial charge in [0.15, 0.2) is 5.16 Å². The highest BCUT2D eigenvalue weighted by Gasteiger charge is 2.23. The van der Waals surface area contributed by atoms with Gasteiger partial charge in [0.2, 0.25) is 5.91 Å². The number of nitrogens with two attached hydrogens (primary N) is 1. The Hall–Kier alpha value is -1.34. The Morgan fingerprint density at radius 3 is 2.74 bits per heavy atom. The van der Waals surface area contributed by atoms with E-state index in [4.69, 9.17) is 5.73 Å². The first-order valence-electron chi connectivity index (χ1n) is 6.15. The summed E-state index contributed by atoms with van der Waals surface area (Å²) >= 11 is 1.42. The lowest BCUT2D eigenvalue weighted by Gasteiger charge is -2.18. The van der Waals surface area contributed by atoms with Crippen molar-refractivity contribution >= 4 is 17.7 Å². The summed E-state index contributed by atoms with van der Waals surface area (Å²) in [5, 5.41) is 8.70. The number of carbonyl (C=O) groups is 1. The summed E-state index contributed by atoms with van der Waals surface area (Å²) in [5.41, 5.74) is 5.62. The molecule has 1 amide bonds. The van der Waals surface area contributed by atoms with Gasteiger partial charge in [0, 0.05) is 20.6 Å². The molecule has 0 spiro atoms. The lowest BCUT2D eigenvalue weighted by molar-refractivity contribution is -0.128. The zero-order chi connectivity index (χ0) is 14.4. The maximum absolute atomic E-state index is 12.0. The summed E-state index contributed by atoms with van der Waals surface area (Å²) in [6.07, 6.45) is 2.50. The second-order valence-electron chi connectivity index (χ2n) is 4.25. The van der Waals surface area contributed by atoms with Crippen LogP contribution in [0.5, 0.6) is 0 Å². The lowest BCUT2D eigenvalue weighted by Crippen LogP contribution is -2.31. The van der Waals surface area contributed by atoms with Gasteiger partial charge in [-0.3, -0.25) is 4.79 Å². The Kier molecular flexibility index (Phi) is 6.04. The van der Waals surface area contributed by atoms with Gasteiger partial charge in [-0.2, -0.15) is 0 Å². The van der Waals surface area contributed by atoms with Crippen molar-refractivity contribution in [1.29, 1.82) is 0 Å². The van der Waals surface area contributed by atoms with Gasteiger partial charge in [0.05, 0.1) is 11.8 Å². The fraction of sp³-hybridized carbons (Fsp3) is 0.583. The molecule has 0 radical (unpaired) electrons. The molecule has 106 valence electrons. The van der Waals surface area contributed by atoms with Gasteiger partial charge in [-0.1, -0.05) is 24.8 Å². The highest BCUT2D eigenvalue weighted by atomic mass is 32.2. The Labute approximate surface area is 118 Å². The minimum Gasteiger partial charge on any atom is -0.348 e. The number of thioether (sulfide) groups is 1. The number of hydrogen-bond acceptors (Lipinski definition) is 5. The highest BCUT2D eigenvalue weighted by molar-refractivity contribution is 8.00. The van der Waals surface area contributed by atoms with Gasteiger partial charge in [-0.25, -0.2) is 0 Å². The standard InChI is InChI=1S/C12H21N5OS/c1-5-7-17-10(8-13)14-15-12(17)19-9(6-2)11(18)16(3)4/h5,9H,1,6-8,13H2,2-4H3/t9-/m1/s1. The van der Waals surface area contributed by atoms with Crippen LogP contribution in [0.2, 0.25) is 0 Å². The molecular formula is C12H21N5OS. The number of amides is 1. The first kappa shape index (κ1) is 15.7. The zero-order valence-electron chi connectivity index (χ0n) is 11.7. The molecule has 0 saturated carbocycles. The third-order valence-corrected chi connectivity index (χ3v) is 3.95. The Morgan fingerprint density at radius 1 is 1.58 bits per heavy atom. The minimum absolute atomic E-state index is 0.0787. The predicted octanol–water partition coefficient (Wildman–Crippen LogP) is 0.882. The van der Waals surface area contributed by atoms with Crippen molar-refractivity contribution in [2.24, 2.45) is 5.73 Å². The van der Waals surface area contributed by atoms with E-state index >= 15 is 0 Å². The molecule has 0 unspecified atom stereocenters. The highest BCUT2D eigenvalue weighted by Crippen LogP contribution is 2.25. The summed E-state index contributed by atoms with van der Waals surface area (Å²) in [4.78, 5) is 13.6. The predicted molar refractivity (Wildman–Crippen MR) is 76.7 cm³/mol. The molecule has 0 aliphatic heterocycles. The summed E-state index contributed by atoms with van der Waals surface area (Å²) in [6, 6.07) is 0. The second kappa shape index (κ2) is 7.30. The van der Waals surface area contributed by atoms with Crippen molar-refractivity contribution in [2.45, 2.75) is 36.8 Å². The van der Waals surface area contributed by atoms with E-state index in [1.54, 1.807) is 25.1 Å². The van der Waals surface area contributed by atoms with Crippen LogP contribution in [0, 0.1) is 0 Å². The first-order chi connectivity index (χ1) is 9.04. The van der Waals surface area contributed by atoms with E-state index in [1.807, 2.05) is 11.5 Å². The molecule has 0 aliphatic carbocycles. The van der Waals surface area contributed by atoms with Gasteiger partial charge >= 0.3 is 0 Å². The monoisotopic (exact) mass is 283 g/mol. The number of rotatable bonds is 7. The molecule has 0 bridgehead atoms. The summed E-state index contributed by atoms with van der Waals surface area (Å²) in [6.45, 7) is 6.61. The van der Waals surface area contributed by atoms with Crippen LogP contribution >= 0.6 is 11.8 Å². The normalized spacial score (nSPS) is 12.2. The van der Waals surface area contributed by atoms with Crippen LogP contribution < -0.4 is 5.73 Å². The van der Waals surface area contributed by atoms with Gasteiger partial charge in [0.25, 0.3) is 0 Å². The molecule has 0 fully saturated rings. The number of aromatic nitrogens is 3. The molecule has 1 atom stereocenters. The molecular weight excluding hydrogens is 262 g/mol. The fourth-order valence-corrected chi connectivity index (χ4v) is 2.72. The Morgan fingerprint density at radius 2 is 2.26 bits per heavy atom. The number of allylic oxidation sites excluding steroid dienone is 1. The molecule has 1 aromatic rings. The SMILES string of the molecule is C=CCn1c(CN)nnc1S[C@H](CC)C(=O)N(C)C. The van der Waals surface area contributed by atoms with E-state index in [2.05, 4.69) is 16.8 Å². The van der Waals surface area contributed by atoms with E-state index in [1.165, 1.54) is 11.8 Å². The topological polar surface area (TPSA) is 77.0 Å². The van der Waals surface area contributed by atoms with Crippen LogP contribution in [0.4, 0.5) is 0 Å². The van der Waals surface area contributed by atoms with Crippen LogP contribution in [0.1, 0.15) is 19.2 Å². The van der Waals surface area contributed by atoms with Gasteiger partial charge in [-0.15, -0.1) is 16.8 Å². The van der Waals surface area contributed by atoms with Crippen molar-refractivity contribution in [2.75, 3.05) is 14.1 Å². The molecule has 2 N–H and O–H groups in total. The first-order valence-corrected chi connectivity index (χ1v) is 7.03. The smallest absolute Gasteiger partial charge is 0.235 e. The molecule has 7 heteroatoms.